The predicted octanol–water partition coefficient (Wildman–Crippen LogP) is 8.02. The summed E-state index contributed by atoms with van der Waals surface area (Å²) in [7, 11) is 0. The van der Waals surface area contributed by atoms with Gasteiger partial charge in [0.25, 0.3) is 0 Å². The molecule has 0 unspecified atom stereocenters. The molecule has 0 bridgehead atoms. The predicted molar refractivity (Wildman–Crippen MR) is 128 cm³/mol. The Morgan fingerprint density at radius 1 is 1.00 bits per heavy atom. The second-order valence-electron chi connectivity index (χ2n) is 12.9. The second kappa shape index (κ2) is 8.57. The molecule has 9 atom stereocenters. The molecule has 3 fully saturated rings. The first-order valence-electron chi connectivity index (χ1n) is 13.6. The second-order valence-corrected chi connectivity index (χ2v) is 12.9. The number of aliphatic hydroxyl groups excluding tert-OH is 1. The molecule has 4 aliphatic rings. The van der Waals surface area contributed by atoms with E-state index in [2.05, 4.69) is 47.6 Å². The summed E-state index contributed by atoms with van der Waals surface area (Å²) in [5.41, 5.74) is 2.59. The van der Waals surface area contributed by atoms with Crippen LogP contribution in [0.3, 0.4) is 0 Å². The molecule has 0 aliphatic heterocycles. The lowest BCUT2D eigenvalue weighted by molar-refractivity contribution is -0.0575. The quantitative estimate of drug-likeness (QED) is 0.436. The number of fused-ring (bicyclic) bond motifs is 5. The first-order chi connectivity index (χ1) is 14.2. The van der Waals surface area contributed by atoms with E-state index >= 15 is 0 Å². The highest BCUT2D eigenvalue weighted by Gasteiger charge is 2.59. The molecule has 4 aliphatic carbocycles. The fraction of sp³-hybridized carbons (Fsp3) is 0.931. The van der Waals surface area contributed by atoms with E-state index in [-0.39, 0.29) is 6.10 Å². The largest absolute Gasteiger partial charge is 0.393 e. The van der Waals surface area contributed by atoms with Crippen LogP contribution in [0.5, 0.6) is 0 Å². The van der Waals surface area contributed by atoms with Gasteiger partial charge in [0.1, 0.15) is 0 Å². The Kier molecular flexibility index (Phi) is 6.53. The molecule has 30 heavy (non-hydrogen) atoms. The van der Waals surface area contributed by atoms with Crippen molar-refractivity contribution in [2.24, 2.45) is 52.3 Å². The molecule has 0 saturated heterocycles. The molecular weight excluding hydrogens is 364 g/mol. The highest BCUT2D eigenvalue weighted by atomic mass is 16.3. The summed E-state index contributed by atoms with van der Waals surface area (Å²) < 4.78 is 0. The molecule has 0 aromatic heterocycles. The van der Waals surface area contributed by atoms with Gasteiger partial charge in [0.2, 0.25) is 0 Å². The first kappa shape index (κ1) is 22.9. The van der Waals surface area contributed by atoms with Crippen molar-refractivity contribution >= 4 is 0 Å². The van der Waals surface area contributed by atoms with E-state index in [1.807, 2.05) is 0 Å². The number of rotatable bonds is 6. The van der Waals surface area contributed by atoms with Crippen LogP contribution < -0.4 is 0 Å². The fourth-order valence-corrected chi connectivity index (χ4v) is 9.30. The summed E-state index contributed by atoms with van der Waals surface area (Å²) in [5, 5.41) is 10.2. The lowest BCUT2D eigenvalue weighted by Gasteiger charge is -2.58. The minimum atomic E-state index is -0.0794. The maximum atomic E-state index is 10.2. The lowest BCUT2D eigenvalue weighted by Crippen LogP contribution is -2.50. The molecule has 1 nitrogen and oxygen atoms in total. The summed E-state index contributed by atoms with van der Waals surface area (Å²) in [6.07, 6.45) is 17.1. The Bertz CT molecular complexity index is 634. The van der Waals surface area contributed by atoms with E-state index in [9.17, 15) is 5.11 Å². The molecule has 1 heteroatoms. The summed E-state index contributed by atoms with van der Waals surface area (Å²) >= 11 is 0. The fourth-order valence-electron chi connectivity index (χ4n) is 9.30. The minimum absolute atomic E-state index is 0.0794. The Labute approximate surface area is 187 Å². The van der Waals surface area contributed by atoms with E-state index in [1.54, 1.807) is 5.57 Å². The molecule has 0 aromatic carbocycles. The van der Waals surface area contributed by atoms with E-state index in [0.717, 1.165) is 54.3 Å². The topological polar surface area (TPSA) is 20.2 Å². The molecule has 3 saturated carbocycles. The third-order valence-electron chi connectivity index (χ3n) is 11.3. The average Bonchev–Trinajstić information content (AvgIpc) is 3.06. The Morgan fingerprint density at radius 2 is 1.77 bits per heavy atom. The summed E-state index contributed by atoms with van der Waals surface area (Å²) in [5.74, 6) is 6.31. The zero-order valence-corrected chi connectivity index (χ0v) is 20.9. The van der Waals surface area contributed by atoms with Gasteiger partial charge in [-0.25, -0.2) is 0 Å². The zero-order chi connectivity index (χ0) is 21.7. The molecule has 0 amide bonds. The Hall–Kier alpha value is -0.300. The van der Waals surface area contributed by atoms with E-state index in [0.29, 0.717) is 10.8 Å². The molecule has 0 spiro atoms. The van der Waals surface area contributed by atoms with Crippen molar-refractivity contribution in [1.29, 1.82) is 0 Å². The normalized spacial score (nSPS) is 45.3. The van der Waals surface area contributed by atoms with Gasteiger partial charge in [-0.05, 0) is 110 Å². The van der Waals surface area contributed by atoms with Crippen LogP contribution in [0.25, 0.3) is 0 Å². The van der Waals surface area contributed by atoms with Crippen LogP contribution in [-0.2, 0) is 0 Å². The van der Waals surface area contributed by atoms with Gasteiger partial charge in [0, 0.05) is 0 Å². The van der Waals surface area contributed by atoms with Crippen molar-refractivity contribution in [1.82, 2.24) is 0 Å². The van der Waals surface area contributed by atoms with Gasteiger partial charge >= 0.3 is 0 Å². The van der Waals surface area contributed by atoms with Crippen LogP contribution in [-0.4, -0.2) is 11.2 Å². The minimum Gasteiger partial charge on any atom is -0.393 e. The van der Waals surface area contributed by atoms with Gasteiger partial charge in [-0.2, -0.15) is 0 Å². The highest BCUT2D eigenvalue weighted by molar-refractivity contribution is 5.25. The molecule has 172 valence electrons. The monoisotopic (exact) mass is 414 g/mol. The molecule has 0 heterocycles. The standard InChI is InChI=1S/C29H50O/c1-7-21(19(2)3)9-8-20(4)25-12-13-26-24-11-10-22-18-23(30)14-16-28(22,5)27(24)15-17-29(25,26)6/h10,19-21,23-27,30H,7-9,11-18H2,1-6H3/t20-,21-,23+,24+,25-,26+,27+,28+,29-/m0/s1. The van der Waals surface area contributed by atoms with E-state index < -0.39 is 0 Å². The molecule has 0 radical (unpaired) electrons. The Morgan fingerprint density at radius 3 is 2.47 bits per heavy atom. The Balaban J connectivity index is 1.47. The van der Waals surface area contributed by atoms with Crippen LogP contribution in [0.2, 0.25) is 0 Å². The van der Waals surface area contributed by atoms with Crippen LogP contribution >= 0.6 is 0 Å². The number of aliphatic hydroxyl groups is 1. The first-order valence-corrected chi connectivity index (χ1v) is 13.6. The molecule has 0 aromatic rings. The zero-order valence-electron chi connectivity index (χ0n) is 20.9. The van der Waals surface area contributed by atoms with Gasteiger partial charge in [0.15, 0.2) is 0 Å². The smallest absolute Gasteiger partial charge is 0.0577 e. The number of hydrogen-bond donors (Lipinski definition) is 1. The summed E-state index contributed by atoms with van der Waals surface area (Å²) in [4.78, 5) is 0. The van der Waals surface area contributed by atoms with E-state index in [1.165, 1.54) is 57.8 Å². The molecule has 4 rings (SSSR count). The average molecular weight is 415 g/mol. The van der Waals surface area contributed by atoms with Crippen LogP contribution in [0.15, 0.2) is 11.6 Å². The van der Waals surface area contributed by atoms with Crippen LogP contribution in [0, 0.1) is 52.3 Å². The van der Waals surface area contributed by atoms with Crippen LogP contribution in [0.1, 0.15) is 112 Å². The maximum absolute atomic E-state index is 10.2. The highest BCUT2D eigenvalue weighted by Crippen LogP contribution is 2.67. The third-order valence-corrected chi connectivity index (χ3v) is 11.3. The van der Waals surface area contributed by atoms with Crippen molar-refractivity contribution < 1.29 is 5.11 Å². The van der Waals surface area contributed by atoms with Gasteiger partial charge in [-0.15, -0.1) is 0 Å². The number of allylic oxidation sites excluding steroid dienone is 1. The van der Waals surface area contributed by atoms with Crippen molar-refractivity contribution in [2.45, 2.75) is 118 Å². The number of hydrogen-bond acceptors (Lipinski definition) is 1. The van der Waals surface area contributed by atoms with E-state index in [4.69, 9.17) is 0 Å². The van der Waals surface area contributed by atoms with Crippen molar-refractivity contribution in [3.63, 3.8) is 0 Å². The summed E-state index contributed by atoms with van der Waals surface area (Å²) in [6, 6.07) is 0. The summed E-state index contributed by atoms with van der Waals surface area (Å²) in [6.45, 7) is 15.1. The SMILES string of the molecule is CC[C@@H](CC[C@H](C)[C@@H]1CC[C@@H]2[C@H]3CC=C4C[C@H](O)CC[C@@]4(C)[C@@H]3CC[C@]21C)C(C)C. The van der Waals surface area contributed by atoms with Crippen molar-refractivity contribution in [2.75, 3.05) is 0 Å². The van der Waals surface area contributed by atoms with Gasteiger partial charge < -0.3 is 5.11 Å². The van der Waals surface area contributed by atoms with Gasteiger partial charge in [-0.1, -0.05) is 66.0 Å². The van der Waals surface area contributed by atoms with Crippen LogP contribution in [0.4, 0.5) is 0 Å². The lowest BCUT2D eigenvalue weighted by atomic mass is 9.47. The van der Waals surface area contributed by atoms with Gasteiger partial charge in [0.05, 0.1) is 6.10 Å². The maximum Gasteiger partial charge on any atom is 0.0577 e. The molecular formula is C29H50O. The van der Waals surface area contributed by atoms with Crippen molar-refractivity contribution in [3.8, 4) is 0 Å². The third kappa shape index (κ3) is 3.74. The van der Waals surface area contributed by atoms with Gasteiger partial charge in [-0.3, -0.25) is 0 Å². The van der Waals surface area contributed by atoms with Crippen molar-refractivity contribution in [3.05, 3.63) is 11.6 Å². The molecule has 1 N–H and O–H groups in total.